The number of carbonyl (C=O) groups is 2. The number of rotatable bonds is 6. The molecule has 0 aliphatic carbocycles. The fourth-order valence-electron chi connectivity index (χ4n) is 1.52. The molecule has 0 fully saturated rings. The van der Waals surface area contributed by atoms with E-state index in [9.17, 15) is 14.7 Å². The molecule has 2 N–H and O–H groups in total. The number of amides is 1. The van der Waals surface area contributed by atoms with Crippen LogP contribution in [0.3, 0.4) is 0 Å². The summed E-state index contributed by atoms with van der Waals surface area (Å²) in [4.78, 5) is 23.8. The molecule has 0 aliphatic heterocycles. The number of carbonyl (C=O) groups excluding carboxylic acids is 1. The Labute approximate surface area is 142 Å². The van der Waals surface area contributed by atoms with Crippen LogP contribution >= 0.6 is 22.6 Å². The summed E-state index contributed by atoms with van der Waals surface area (Å²) in [5, 5.41) is 19.7. The second-order valence-electron chi connectivity index (χ2n) is 5.41. The summed E-state index contributed by atoms with van der Waals surface area (Å²) < 4.78 is 5.81. The maximum atomic E-state index is 11.5. The van der Waals surface area contributed by atoms with Gasteiger partial charge in [0.05, 0.1) is 6.54 Å². The highest BCUT2D eigenvalue weighted by atomic mass is 127. The number of halogens is 1. The van der Waals surface area contributed by atoms with Gasteiger partial charge in [0.1, 0.15) is 9.30 Å². The number of carboxylic acid groups (broad SMARTS) is 1. The van der Waals surface area contributed by atoms with Gasteiger partial charge in [0.25, 0.3) is 0 Å². The van der Waals surface area contributed by atoms with Crippen LogP contribution in [0, 0.1) is 3.70 Å². The zero-order chi connectivity index (χ0) is 16.8. The van der Waals surface area contributed by atoms with Gasteiger partial charge >= 0.3 is 12.1 Å². The molecule has 1 aromatic heterocycles. The Kier molecular flexibility index (Phi) is 6.94. The first-order valence-corrected chi connectivity index (χ1v) is 7.69. The molecule has 0 atom stereocenters. The van der Waals surface area contributed by atoms with E-state index in [0.29, 0.717) is 10.2 Å². The summed E-state index contributed by atoms with van der Waals surface area (Å²) in [5.41, 5.74) is -0.539. The minimum Gasteiger partial charge on any atom is -0.465 e. The largest absolute Gasteiger partial charge is 0.465 e. The molecule has 1 rings (SSSR count). The standard InChI is InChI=1S/C13H19IN4O4/c1-13(2,3)22-11(19)8-15-6-7-18(12(20)21)10-5-4-9(14)16-17-10/h4-5,15H,6-8H2,1-3H3,(H,20,21). The van der Waals surface area contributed by atoms with Crippen LogP contribution in [0.15, 0.2) is 12.1 Å². The van der Waals surface area contributed by atoms with Crippen molar-refractivity contribution in [1.82, 2.24) is 15.5 Å². The summed E-state index contributed by atoms with van der Waals surface area (Å²) in [6, 6.07) is 3.25. The van der Waals surface area contributed by atoms with Crippen LogP contribution in [-0.2, 0) is 9.53 Å². The first kappa shape index (κ1) is 18.6. The molecule has 8 nitrogen and oxygen atoms in total. The Bertz CT molecular complexity index is 516. The average molecular weight is 422 g/mol. The summed E-state index contributed by atoms with van der Waals surface area (Å²) >= 11 is 1.99. The molecule has 0 saturated heterocycles. The SMILES string of the molecule is CC(C)(C)OC(=O)CNCCN(C(=O)O)c1ccc(I)nn1. The molecule has 0 spiro atoms. The molecule has 0 aliphatic rings. The minimum atomic E-state index is -1.13. The highest BCUT2D eigenvalue weighted by Crippen LogP contribution is 2.10. The smallest absolute Gasteiger partial charge is 0.413 e. The Morgan fingerprint density at radius 1 is 1.36 bits per heavy atom. The van der Waals surface area contributed by atoms with Crippen molar-refractivity contribution in [2.24, 2.45) is 0 Å². The van der Waals surface area contributed by atoms with Gasteiger partial charge in [-0.1, -0.05) is 0 Å². The van der Waals surface area contributed by atoms with Crippen LogP contribution in [0.4, 0.5) is 10.6 Å². The van der Waals surface area contributed by atoms with Crippen molar-refractivity contribution in [2.75, 3.05) is 24.5 Å². The fourth-order valence-corrected chi connectivity index (χ4v) is 1.81. The number of hydrogen-bond donors (Lipinski definition) is 2. The lowest BCUT2D eigenvalue weighted by atomic mass is 10.2. The fraction of sp³-hybridized carbons (Fsp3) is 0.538. The average Bonchev–Trinajstić information content (AvgIpc) is 2.37. The minimum absolute atomic E-state index is 0.0170. The van der Waals surface area contributed by atoms with E-state index < -0.39 is 11.7 Å². The molecule has 0 aromatic carbocycles. The topological polar surface area (TPSA) is 105 Å². The van der Waals surface area contributed by atoms with E-state index >= 15 is 0 Å². The predicted octanol–water partition coefficient (Wildman–Crippen LogP) is 1.50. The number of aromatic nitrogens is 2. The van der Waals surface area contributed by atoms with Crippen LogP contribution in [0.2, 0.25) is 0 Å². The van der Waals surface area contributed by atoms with E-state index in [4.69, 9.17) is 4.74 Å². The molecule has 0 saturated carbocycles. The second-order valence-corrected chi connectivity index (χ2v) is 6.52. The quantitative estimate of drug-likeness (QED) is 0.407. The van der Waals surface area contributed by atoms with Crippen molar-refractivity contribution >= 4 is 40.5 Å². The first-order chi connectivity index (χ1) is 10.2. The second kappa shape index (κ2) is 8.22. The van der Waals surface area contributed by atoms with Gasteiger partial charge in [-0.2, -0.15) is 0 Å². The van der Waals surface area contributed by atoms with Gasteiger partial charge in [0.2, 0.25) is 0 Å². The Hall–Kier alpha value is -1.49. The molecule has 9 heteroatoms. The summed E-state index contributed by atoms with van der Waals surface area (Å²) in [7, 11) is 0. The van der Waals surface area contributed by atoms with Gasteiger partial charge in [-0.15, -0.1) is 10.2 Å². The molecular formula is C13H19IN4O4. The van der Waals surface area contributed by atoms with Crippen molar-refractivity contribution < 1.29 is 19.4 Å². The monoisotopic (exact) mass is 422 g/mol. The normalized spacial score (nSPS) is 11.1. The Balaban J connectivity index is 2.45. The molecule has 1 amide bonds. The maximum Gasteiger partial charge on any atom is 0.413 e. The van der Waals surface area contributed by atoms with Gasteiger partial charge in [-0.3, -0.25) is 9.69 Å². The van der Waals surface area contributed by atoms with Crippen LogP contribution in [0.5, 0.6) is 0 Å². The molecular weight excluding hydrogens is 403 g/mol. The van der Waals surface area contributed by atoms with Gasteiger partial charge in [0, 0.05) is 13.1 Å². The number of esters is 1. The number of hydrogen-bond acceptors (Lipinski definition) is 6. The predicted molar refractivity (Wildman–Crippen MR) is 88.8 cm³/mol. The van der Waals surface area contributed by atoms with E-state index in [2.05, 4.69) is 15.5 Å². The van der Waals surface area contributed by atoms with Gasteiger partial charge < -0.3 is 15.2 Å². The van der Waals surface area contributed by atoms with Gasteiger partial charge in [-0.25, -0.2) is 4.79 Å². The van der Waals surface area contributed by atoms with Crippen molar-refractivity contribution in [3.05, 3.63) is 15.8 Å². The van der Waals surface area contributed by atoms with E-state index in [1.165, 1.54) is 0 Å². The highest BCUT2D eigenvalue weighted by molar-refractivity contribution is 14.1. The molecule has 0 radical (unpaired) electrons. The van der Waals surface area contributed by atoms with Gasteiger partial charge in [0.15, 0.2) is 5.82 Å². The third-order valence-corrected chi connectivity index (χ3v) is 2.90. The number of nitrogens with zero attached hydrogens (tertiary/aromatic N) is 3. The number of nitrogens with one attached hydrogen (secondary N) is 1. The summed E-state index contributed by atoms with van der Waals surface area (Å²) in [6.45, 7) is 5.81. The summed E-state index contributed by atoms with van der Waals surface area (Å²) in [6.07, 6.45) is -1.13. The van der Waals surface area contributed by atoms with Crippen LogP contribution in [0.1, 0.15) is 20.8 Å². The van der Waals surface area contributed by atoms with Crippen molar-refractivity contribution in [2.45, 2.75) is 26.4 Å². The van der Waals surface area contributed by atoms with E-state index in [1.54, 1.807) is 32.9 Å². The molecule has 1 heterocycles. The third kappa shape index (κ3) is 6.98. The summed E-state index contributed by atoms with van der Waals surface area (Å²) in [5.74, 6) is -0.143. The molecule has 122 valence electrons. The molecule has 22 heavy (non-hydrogen) atoms. The molecule has 1 aromatic rings. The Morgan fingerprint density at radius 2 is 2.05 bits per heavy atom. The van der Waals surface area contributed by atoms with E-state index in [0.717, 1.165) is 4.90 Å². The van der Waals surface area contributed by atoms with Crippen molar-refractivity contribution in [1.29, 1.82) is 0 Å². The maximum absolute atomic E-state index is 11.5. The number of ether oxygens (including phenoxy) is 1. The lowest BCUT2D eigenvalue weighted by molar-refractivity contribution is -0.153. The lowest BCUT2D eigenvalue weighted by Crippen LogP contribution is -2.39. The lowest BCUT2D eigenvalue weighted by Gasteiger charge is -2.20. The van der Waals surface area contributed by atoms with Crippen LogP contribution in [0.25, 0.3) is 0 Å². The third-order valence-electron chi connectivity index (χ3n) is 2.33. The van der Waals surface area contributed by atoms with Crippen LogP contribution in [-0.4, -0.2) is 52.6 Å². The van der Waals surface area contributed by atoms with E-state index in [-0.39, 0.29) is 24.9 Å². The number of anilines is 1. The van der Waals surface area contributed by atoms with Crippen LogP contribution < -0.4 is 10.2 Å². The van der Waals surface area contributed by atoms with Gasteiger partial charge in [-0.05, 0) is 55.5 Å². The van der Waals surface area contributed by atoms with Crippen molar-refractivity contribution in [3.8, 4) is 0 Å². The zero-order valence-corrected chi connectivity index (χ0v) is 14.8. The molecule has 0 bridgehead atoms. The first-order valence-electron chi connectivity index (χ1n) is 6.61. The van der Waals surface area contributed by atoms with Crippen molar-refractivity contribution in [3.63, 3.8) is 0 Å². The Morgan fingerprint density at radius 3 is 2.55 bits per heavy atom. The zero-order valence-electron chi connectivity index (χ0n) is 12.7. The van der Waals surface area contributed by atoms with E-state index in [1.807, 2.05) is 22.6 Å². The highest BCUT2D eigenvalue weighted by Gasteiger charge is 2.17. The molecule has 0 unspecified atom stereocenters.